The van der Waals surface area contributed by atoms with Gasteiger partial charge in [0.15, 0.2) is 11.7 Å². The van der Waals surface area contributed by atoms with Crippen LogP contribution in [-0.2, 0) is 16.8 Å². The molecule has 2 heterocycles. The van der Waals surface area contributed by atoms with E-state index in [1.165, 1.54) is 42.5 Å². The number of nitrogens with two attached hydrogens (primary N) is 1. The van der Waals surface area contributed by atoms with Crippen LogP contribution < -0.4 is 10.5 Å². The zero-order valence-electron chi connectivity index (χ0n) is 17.3. The summed E-state index contributed by atoms with van der Waals surface area (Å²) >= 11 is 0. The number of halogens is 1. The van der Waals surface area contributed by atoms with Crippen LogP contribution in [0.2, 0.25) is 0 Å². The van der Waals surface area contributed by atoms with Crippen molar-refractivity contribution in [1.29, 1.82) is 0 Å². The Bertz CT molecular complexity index is 1080. The third kappa shape index (κ3) is 4.86. The second-order valence-corrected chi connectivity index (χ2v) is 7.33. The monoisotopic (exact) mass is 423 g/mol. The highest BCUT2D eigenvalue weighted by Gasteiger charge is 2.38. The first-order valence-corrected chi connectivity index (χ1v) is 9.56. The number of ether oxygens (including phenoxy) is 1. The van der Waals surface area contributed by atoms with Crippen LogP contribution in [0.3, 0.4) is 0 Å². The molecule has 0 spiro atoms. The zero-order valence-corrected chi connectivity index (χ0v) is 17.3. The lowest BCUT2D eigenvalue weighted by molar-refractivity contribution is -0.128. The number of carbonyl (C=O) groups is 2. The third-order valence-corrected chi connectivity index (χ3v) is 4.96. The number of rotatable bonds is 7. The van der Waals surface area contributed by atoms with Gasteiger partial charge in [0.1, 0.15) is 18.1 Å². The number of terminal acetylenes is 1. The van der Waals surface area contributed by atoms with Crippen molar-refractivity contribution in [3.63, 3.8) is 0 Å². The fraction of sp³-hybridized carbons (Fsp3) is 0.318. The smallest absolute Gasteiger partial charge is 0.232 e. The molecule has 1 aromatic carbocycles. The van der Waals surface area contributed by atoms with Gasteiger partial charge in [0, 0.05) is 25.5 Å². The molecule has 0 aliphatic carbocycles. The lowest BCUT2D eigenvalue weighted by Crippen LogP contribution is -2.47. The number of benzene rings is 1. The van der Waals surface area contributed by atoms with Gasteiger partial charge in [-0.3, -0.25) is 14.5 Å². The summed E-state index contributed by atoms with van der Waals surface area (Å²) in [5.41, 5.74) is 5.57. The summed E-state index contributed by atoms with van der Waals surface area (Å²) in [4.78, 5) is 38.5. The number of hydrogen-bond acceptors (Lipinski definition) is 7. The molecule has 2 aromatic rings. The molecule has 0 saturated carbocycles. The molecule has 0 fully saturated rings. The maximum absolute atomic E-state index is 14.6. The van der Waals surface area contributed by atoms with Crippen molar-refractivity contribution < 1.29 is 18.7 Å². The second kappa shape index (κ2) is 8.92. The van der Waals surface area contributed by atoms with Crippen molar-refractivity contribution in [2.45, 2.75) is 31.7 Å². The predicted molar refractivity (Wildman–Crippen MR) is 112 cm³/mol. The van der Waals surface area contributed by atoms with Gasteiger partial charge in [0.05, 0.1) is 24.4 Å². The van der Waals surface area contributed by atoms with Gasteiger partial charge in [-0.25, -0.2) is 19.4 Å². The van der Waals surface area contributed by atoms with E-state index in [1.807, 2.05) is 0 Å². The minimum absolute atomic E-state index is 0.0134. The van der Waals surface area contributed by atoms with E-state index in [1.54, 1.807) is 6.92 Å². The van der Waals surface area contributed by atoms with Gasteiger partial charge in [0.25, 0.3) is 0 Å². The normalized spacial score (nSPS) is 18.3. The van der Waals surface area contributed by atoms with Crippen molar-refractivity contribution >= 4 is 17.6 Å². The third-order valence-electron chi connectivity index (χ3n) is 4.96. The molecular weight excluding hydrogens is 401 g/mol. The Kier molecular flexibility index (Phi) is 6.30. The summed E-state index contributed by atoms with van der Waals surface area (Å²) in [6, 6.07) is 4.30. The van der Waals surface area contributed by atoms with Crippen LogP contribution in [0.5, 0.6) is 5.88 Å². The Morgan fingerprint density at radius 1 is 1.39 bits per heavy atom. The average Bonchev–Trinajstić information content (AvgIpc) is 2.74. The van der Waals surface area contributed by atoms with E-state index in [2.05, 4.69) is 20.9 Å². The SMILES string of the molecule is C#CCCOc1cnc(C(=O)Cc2ccc(F)c(C3(C)CC(=O)N(C)C(N)=N3)c2)cn1. The number of hydrogen-bond donors (Lipinski definition) is 1. The van der Waals surface area contributed by atoms with Crippen LogP contribution in [0, 0.1) is 18.2 Å². The zero-order chi connectivity index (χ0) is 22.6. The van der Waals surface area contributed by atoms with Gasteiger partial charge < -0.3 is 10.5 Å². The Morgan fingerprint density at radius 2 is 2.16 bits per heavy atom. The molecule has 1 amide bonds. The number of Topliss-reactive ketones (excluding diaryl/α,β-unsaturated/α-hetero) is 1. The number of amides is 1. The first-order chi connectivity index (χ1) is 14.7. The highest BCUT2D eigenvalue weighted by Crippen LogP contribution is 2.35. The lowest BCUT2D eigenvalue weighted by atomic mass is 9.85. The van der Waals surface area contributed by atoms with Crippen molar-refractivity contribution in [2.75, 3.05) is 13.7 Å². The van der Waals surface area contributed by atoms with Crippen LogP contribution in [0.25, 0.3) is 0 Å². The van der Waals surface area contributed by atoms with Gasteiger partial charge >= 0.3 is 0 Å². The summed E-state index contributed by atoms with van der Waals surface area (Å²) in [7, 11) is 1.51. The number of ketones is 1. The van der Waals surface area contributed by atoms with E-state index in [9.17, 15) is 14.0 Å². The average molecular weight is 423 g/mol. The van der Waals surface area contributed by atoms with Gasteiger partial charge in [0.2, 0.25) is 11.8 Å². The quantitative estimate of drug-likeness (QED) is 0.413. The summed E-state index contributed by atoms with van der Waals surface area (Å²) < 4.78 is 19.9. The minimum Gasteiger partial charge on any atom is -0.476 e. The predicted octanol–water partition coefficient (Wildman–Crippen LogP) is 1.84. The first-order valence-electron chi connectivity index (χ1n) is 9.56. The highest BCUT2D eigenvalue weighted by atomic mass is 19.1. The molecule has 8 nitrogen and oxygen atoms in total. The Labute approximate surface area is 179 Å². The molecule has 1 aliphatic heterocycles. The van der Waals surface area contributed by atoms with E-state index in [0.717, 1.165) is 0 Å². The molecule has 0 saturated heterocycles. The molecule has 31 heavy (non-hydrogen) atoms. The summed E-state index contributed by atoms with van der Waals surface area (Å²) in [5.74, 6) is 1.64. The molecule has 1 unspecified atom stereocenters. The van der Waals surface area contributed by atoms with Crippen LogP contribution in [0.1, 0.15) is 41.4 Å². The topological polar surface area (TPSA) is 111 Å². The van der Waals surface area contributed by atoms with E-state index in [-0.39, 0.29) is 47.6 Å². The number of nitrogens with zero attached hydrogens (tertiary/aromatic N) is 4. The minimum atomic E-state index is -1.16. The van der Waals surface area contributed by atoms with Crippen molar-refractivity contribution in [2.24, 2.45) is 10.7 Å². The van der Waals surface area contributed by atoms with Crippen molar-refractivity contribution in [3.05, 3.63) is 53.2 Å². The van der Waals surface area contributed by atoms with Crippen LogP contribution >= 0.6 is 0 Å². The highest BCUT2D eigenvalue weighted by molar-refractivity contribution is 5.99. The van der Waals surface area contributed by atoms with Crippen LogP contribution in [0.15, 0.2) is 35.6 Å². The maximum Gasteiger partial charge on any atom is 0.232 e. The molecule has 1 aliphatic rings. The van der Waals surface area contributed by atoms with Gasteiger partial charge in [-0.15, -0.1) is 12.3 Å². The van der Waals surface area contributed by atoms with Crippen molar-refractivity contribution in [3.8, 4) is 18.2 Å². The van der Waals surface area contributed by atoms with Crippen LogP contribution in [-0.4, -0.2) is 46.2 Å². The number of guanidine groups is 1. The largest absolute Gasteiger partial charge is 0.476 e. The summed E-state index contributed by atoms with van der Waals surface area (Å²) in [6.07, 6.45) is 8.20. The maximum atomic E-state index is 14.6. The second-order valence-electron chi connectivity index (χ2n) is 7.33. The fourth-order valence-corrected chi connectivity index (χ4v) is 3.18. The van der Waals surface area contributed by atoms with Gasteiger partial charge in [-0.05, 0) is 24.6 Å². The number of carbonyl (C=O) groups excluding carboxylic acids is 2. The lowest BCUT2D eigenvalue weighted by Gasteiger charge is -2.34. The molecule has 9 heteroatoms. The molecule has 1 atom stereocenters. The molecular formula is C22H22FN5O3. The van der Waals surface area contributed by atoms with E-state index < -0.39 is 11.4 Å². The van der Waals surface area contributed by atoms with E-state index in [4.69, 9.17) is 16.9 Å². The number of aliphatic imine (C=N–C) groups is 1. The molecule has 160 valence electrons. The Hall–Kier alpha value is -3.80. The molecule has 2 N–H and O–H groups in total. The van der Waals surface area contributed by atoms with Gasteiger partial charge in [-0.2, -0.15) is 0 Å². The first kappa shape index (κ1) is 21.9. The van der Waals surface area contributed by atoms with E-state index in [0.29, 0.717) is 18.6 Å². The summed E-state index contributed by atoms with van der Waals surface area (Å²) in [5, 5.41) is 0. The summed E-state index contributed by atoms with van der Waals surface area (Å²) in [6.45, 7) is 1.94. The molecule has 1 aromatic heterocycles. The Balaban J connectivity index is 1.78. The molecule has 0 bridgehead atoms. The fourth-order valence-electron chi connectivity index (χ4n) is 3.18. The molecule has 3 rings (SSSR count). The van der Waals surface area contributed by atoms with Crippen molar-refractivity contribution in [1.82, 2.24) is 14.9 Å². The van der Waals surface area contributed by atoms with E-state index >= 15 is 0 Å². The standard InChI is InChI=1S/C22H22FN5O3/c1-4-5-8-31-19-13-25-17(12-26-19)18(29)10-14-6-7-16(23)15(9-14)22(2)11-20(30)28(3)21(24)27-22/h1,6-7,9,12-13H,5,8,10-11H2,2-3H3,(H2,24,27). The Morgan fingerprint density at radius 3 is 2.81 bits per heavy atom. The van der Waals surface area contributed by atoms with Gasteiger partial charge in [-0.1, -0.05) is 6.07 Å². The van der Waals surface area contributed by atoms with Crippen LogP contribution in [0.4, 0.5) is 4.39 Å². The molecule has 0 radical (unpaired) electrons. The number of aromatic nitrogens is 2.